The number of carboxylic acid groups (broad SMARTS) is 1. The zero-order valence-electron chi connectivity index (χ0n) is 36.9. The normalized spacial score (nSPS) is 13.9. The van der Waals surface area contributed by atoms with E-state index in [9.17, 15) is 23.8 Å². The second-order valence-electron chi connectivity index (χ2n) is 15.9. The summed E-state index contributed by atoms with van der Waals surface area (Å²) in [5, 5.41) is 8.90. The summed E-state index contributed by atoms with van der Waals surface area (Å²) in [6, 6.07) is -1.52. The second-order valence-corrected chi connectivity index (χ2v) is 17.3. The Labute approximate surface area is 353 Å². The van der Waals surface area contributed by atoms with Gasteiger partial charge >= 0.3 is 25.7 Å². The first kappa shape index (κ1) is 56.0. The van der Waals surface area contributed by atoms with Gasteiger partial charge in [0.2, 0.25) is 0 Å². The van der Waals surface area contributed by atoms with Crippen molar-refractivity contribution in [2.45, 2.75) is 231 Å². The summed E-state index contributed by atoms with van der Waals surface area (Å²) in [4.78, 5) is 46.0. The first-order chi connectivity index (χ1) is 28.1. The number of allylic oxidation sites excluding steroid dienone is 4. The molecule has 340 valence electrons. The fourth-order valence-electron chi connectivity index (χ4n) is 6.51. The first-order valence-electron chi connectivity index (χ1n) is 23.4. The highest BCUT2D eigenvalue weighted by molar-refractivity contribution is 7.47. The van der Waals surface area contributed by atoms with Gasteiger partial charge in [-0.15, -0.1) is 0 Å². The second kappa shape index (κ2) is 41.7. The molecule has 0 aromatic heterocycles. The largest absolute Gasteiger partial charge is 0.480 e. The molecule has 11 nitrogen and oxygen atoms in total. The summed E-state index contributed by atoms with van der Waals surface area (Å²) in [6.45, 7) is 2.80. The van der Waals surface area contributed by atoms with E-state index in [2.05, 4.69) is 42.7 Å². The van der Waals surface area contributed by atoms with Gasteiger partial charge in [-0.2, -0.15) is 0 Å². The average molecular weight is 844 g/mol. The number of esters is 2. The van der Waals surface area contributed by atoms with Crippen LogP contribution in [0.4, 0.5) is 0 Å². The number of carboxylic acids is 1. The molecule has 4 N–H and O–H groups in total. The Kier molecular flexibility index (Phi) is 40.2. The molecule has 0 rings (SSSR count). The molecule has 0 aromatic rings. The Morgan fingerprint density at radius 3 is 1.38 bits per heavy atom. The molecule has 0 bridgehead atoms. The van der Waals surface area contributed by atoms with Gasteiger partial charge in [0, 0.05) is 12.8 Å². The van der Waals surface area contributed by atoms with Crippen LogP contribution in [0.2, 0.25) is 0 Å². The molecular weight excluding hydrogens is 757 g/mol. The highest BCUT2D eigenvalue weighted by atomic mass is 31.2. The summed E-state index contributed by atoms with van der Waals surface area (Å²) < 4.78 is 32.8. The zero-order chi connectivity index (χ0) is 42.8. The lowest BCUT2D eigenvalue weighted by Crippen LogP contribution is -2.34. The van der Waals surface area contributed by atoms with Gasteiger partial charge in [-0.25, -0.2) is 4.57 Å². The van der Waals surface area contributed by atoms with Gasteiger partial charge in [0.25, 0.3) is 0 Å². The van der Waals surface area contributed by atoms with Gasteiger partial charge in [0.1, 0.15) is 12.6 Å². The maximum absolute atomic E-state index is 12.6. The van der Waals surface area contributed by atoms with E-state index in [0.29, 0.717) is 12.8 Å². The SMILES string of the molecule is CCCCC/C=C/C/C=C/CCCCCCCCCCCC(=O)OC[C@H](COP(=O)(O)OC[C@H](N)C(=O)O)OC(=O)CCCCCCCCCCCCCCCCC. The third-order valence-corrected chi connectivity index (χ3v) is 11.2. The molecule has 0 saturated heterocycles. The maximum atomic E-state index is 12.6. The quantitative estimate of drug-likeness (QED) is 0.0231. The molecule has 0 saturated carbocycles. The van der Waals surface area contributed by atoms with E-state index >= 15 is 0 Å². The van der Waals surface area contributed by atoms with Crippen LogP contribution in [0.1, 0.15) is 219 Å². The van der Waals surface area contributed by atoms with E-state index < -0.39 is 51.1 Å². The number of hydrogen-bond acceptors (Lipinski definition) is 9. The fourth-order valence-corrected chi connectivity index (χ4v) is 7.29. The van der Waals surface area contributed by atoms with Crippen LogP contribution in [0.3, 0.4) is 0 Å². The minimum atomic E-state index is -4.71. The van der Waals surface area contributed by atoms with Gasteiger partial charge < -0.3 is 25.2 Å². The molecular formula is C46H86NO10P. The molecule has 0 fully saturated rings. The number of aliphatic carboxylic acids is 1. The van der Waals surface area contributed by atoms with E-state index in [4.69, 9.17) is 24.8 Å². The molecule has 0 aromatic carbocycles. The summed E-state index contributed by atoms with van der Waals surface area (Å²) >= 11 is 0. The van der Waals surface area contributed by atoms with E-state index in [0.717, 1.165) is 51.4 Å². The van der Waals surface area contributed by atoms with E-state index in [-0.39, 0.29) is 19.4 Å². The van der Waals surface area contributed by atoms with Gasteiger partial charge in [0.15, 0.2) is 6.10 Å². The molecule has 1 unspecified atom stereocenters. The maximum Gasteiger partial charge on any atom is 0.472 e. The number of carbonyl (C=O) groups is 3. The lowest BCUT2D eigenvalue weighted by Gasteiger charge is -2.20. The van der Waals surface area contributed by atoms with Crippen molar-refractivity contribution in [1.29, 1.82) is 0 Å². The van der Waals surface area contributed by atoms with Crippen molar-refractivity contribution in [1.82, 2.24) is 0 Å². The predicted molar refractivity (Wildman–Crippen MR) is 236 cm³/mol. The highest BCUT2D eigenvalue weighted by Gasteiger charge is 2.28. The molecule has 0 amide bonds. The van der Waals surface area contributed by atoms with Crippen LogP contribution >= 0.6 is 7.82 Å². The smallest absolute Gasteiger partial charge is 0.472 e. The molecule has 58 heavy (non-hydrogen) atoms. The molecule has 0 heterocycles. The van der Waals surface area contributed by atoms with Crippen LogP contribution in [0.15, 0.2) is 24.3 Å². The monoisotopic (exact) mass is 844 g/mol. The van der Waals surface area contributed by atoms with Crippen LogP contribution < -0.4 is 5.73 Å². The average Bonchev–Trinajstić information content (AvgIpc) is 3.20. The Hall–Kier alpha value is -2.04. The Morgan fingerprint density at radius 2 is 0.914 bits per heavy atom. The number of nitrogens with two attached hydrogens (primary N) is 1. The van der Waals surface area contributed by atoms with Crippen LogP contribution in [0, 0.1) is 0 Å². The number of rotatable bonds is 44. The molecule has 0 radical (unpaired) electrons. The lowest BCUT2D eigenvalue weighted by molar-refractivity contribution is -0.161. The number of phosphoric acid groups is 1. The lowest BCUT2D eigenvalue weighted by atomic mass is 10.0. The van der Waals surface area contributed by atoms with Crippen LogP contribution in [0.25, 0.3) is 0 Å². The zero-order valence-corrected chi connectivity index (χ0v) is 37.8. The fraction of sp³-hybridized carbons (Fsp3) is 0.848. The number of carbonyl (C=O) groups excluding carboxylic acids is 2. The summed E-state index contributed by atoms with van der Waals surface area (Å²) in [7, 11) is -4.71. The topological polar surface area (TPSA) is 172 Å². The number of ether oxygens (including phenoxy) is 2. The van der Waals surface area contributed by atoms with Crippen molar-refractivity contribution in [3.8, 4) is 0 Å². The molecule has 0 aliphatic heterocycles. The summed E-state index contributed by atoms with van der Waals surface area (Å²) in [5.74, 6) is -2.37. The van der Waals surface area contributed by atoms with Gasteiger partial charge in [0.05, 0.1) is 13.2 Å². The molecule has 3 atom stereocenters. The molecule has 0 aliphatic rings. The van der Waals surface area contributed by atoms with Gasteiger partial charge in [-0.1, -0.05) is 186 Å². The first-order valence-corrected chi connectivity index (χ1v) is 24.9. The van der Waals surface area contributed by atoms with Crippen molar-refractivity contribution < 1.29 is 47.5 Å². The van der Waals surface area contributed by atoms with Crippen LogP contribution in [-0.4, -0.2) is 59.9 Å². The third-order valence-electron chi connectivity index (χ3n) is 10.2. The number of phosphoric ester groups is 1. The molecule has 0 spiro atoms. The standard InChI is InChI=1S/C46H86NO10P/c1-3-5-7-9-11-13-15-17-19-20-21-22-24-25-27-29-31-33-35-37-44(48)54-39-42(40-55-58(52,53)56-41-43(47)46(50)51)57-45(49)38-36-34-32-30-28-26-23-18-16-14-12-10-8-6-4-2/h11,13,17,19,42-43H,3-10,12,14-16,18,20-41,47H2,1-2H3,(H,50,51)(H,52,53)/b13-11+,19-17+/t42-,43+/m1/s1. The van der Waals surface area contributed by atoms with E-state index in [1.807, 2.05) is 0 Å². The minimum absolute atomic E-state index is 0.165. The highest BCUT2D eigenvalue weighted by Crippen LogP contribution is 2.43. The third kappa shape index (κ3) is 40.7. The Morgan fingerprint density at radius 1 is 0.534 bits per heavy atom. The minimum Gasteiger partial charge on any atom is -0.480 e. The number of unbranched alkanes of at least 4 members (excludes halogenated alkanes) is 26. The van der Waals surface area contributed by atoms with Crippen molar-refractivity contribution >= 4 is 25.7 Å². The van der Waals surface area contributed by atoms with Crippen molar-refractivity contribution in [2.75, 3.05) is 19.8 Å². The summed E-state index contributed by atoms with van der Waals surface area (Å²) in [6.07, 6.45) is 43.7. The van der Waals surface area contributed by atoms with Crippen molar-refractivity contribution in [3.63, 3.8) is 0 Å². The predicted octanol–water partition coefficient (Wildman–Crippen LogP) is 12.6. The van der Waals surface area contributed by atoms with Crippen molar-refractivity contribution in [3.05, 3.63) is 24.3 Å². The van der Waals surface area contributed by atoms with Gasteiger partial charge in [-0.3, -0.25) is 23.4 Å². The summed E-state index contributed by atoms with van der Waals surface area (Å²) in [5.41, 5.74) is 5.34. The van der Waals surface area contributed by atoms with E-state index in [1.54, 1.807) is 0 Å². The van der Waals surface area contributed by atoms with Crippen molar-refractivity contribution in [2.24, 2.45) is 5.73 Å². The number of hydrogen-bond donors (Lipinski definition) is 3. The van der Waals surface area contributed by atoms with Gasteiger partial charge in [-0.05, 0) is 44.9 Å². The van der Waals surface area contributed by atoms with Crippen LogP contribution in [-0.2, 0) is 37.5 Å². The Balaban J connectivity index is 4.28. The van der Waals surface area contributed by atoms with Crippen LogP contribution in [0.5, 0.6) is 0 Å². The molecule has 12 heteroatoms. The van der Waals surface area contributed by atoms with E-state index in [1.165, 1.54) is 128 Å². The Bertz CT molecular complexity index is 1080. The molecule has 0 aliphatic carbocycles.